The van der Waals surface area contributed by atoms with E-state index < -0.39 is 0 Å². The summed E-state index contributed by atoms with van der Waals surface area (Å²) < 4.78 is 5.30. The first-order valence-corrected chi connectivity index (χ1v) is 9.66. The molecule has 1 aromatic heterocycles. The predicted molar refractivity (Wildman–Crippen MR) is 106 cm³/mol. The zero-order chi connectivity index (χ0) is 17.9. The Morgan fingerprint density at radius 1 is 1.19 bits per heavy atom. The molecule has 2 heterocycles. The Kier molecular flexibility index (Phi) is 4.71. The van der Waals surface area contributed by atoms with Crippen LogP contribution < -0.4 is 10.1 Å². The number of nitrogens with one attached hydrogen (secondary N) is 2. The molecule has 2 amide bonds. The van der Waals surface area contributed by atoms with Crippen LogP contribution in [0.25, 0.3) is 22.0 Å². The summed E-state index contributed by atoms with van der Waals surface area (Å²) in [4.78, 5) is 14.2. The average molecular weight is 368 g/mol. The van der Waals surface area contributed by atoms with Crippen LogP contribution in [-0.4, -0.2) is 52.8 Å². The van der Waals surface area contributed by atoms with E-state index in [9.17, 15) is 4.79 Å². The number of hydrogen-bond acceptors (Lipinski definition) is 4. The van der Waals surface area contributed by atoms with Gasteiger partial charge in [-0.3, -0.25) is 10.4 Å². The van der Waals surface area contributed by atoms with Crippen molar-refractivity contribution in [3.8, 4) is 16.9 Å². The van der Waals surface area contributed by atoms with E-state index >= 15 is 0 Å². The lowest BCUT2D eigenvalue weighted by Gasteiger charge is -2.26. The van der Waals surface area contributed by atoms with E-state index in [-0.39, 0.29) is 6.03 Å². The van der Waals surface area contributed by atoms with Gasteiger partial charge < -0.3 is 9.64 Å². The van der Waals surface area contributed by atoms with Crippen LogP contribution in [0.4, 0.5) is 10.6 Å². The molecule has 3 aromatic rings. The number of amides is 2. The second-order valence-electron chi connectivity index (χ2n) is 6.09. The van der Waals surface area contributed by atoms with Crippen molar-refractivity contribution < 1.29 is 9.53 Å². The first-order valence-electron chi connectivity index (χ1n) is 8.51. The van der Waals surface area contributed by atoms with E-state index in [0.29, 0.717) is 5.82 Å². The highest BCUT2D eigenvalue weighted by atomic mass is 32.2. The Morgan fingerprint density at radius 2 is 2.00 bits per heavy atom. The summed E-state index contributed by atoms with van der Waals surface area (Å²) >= 11 is 1.88. The lowest BCUT2D eigenvalue weighted by atomic mass is 10.0. The lowest BCUT2D eigenvalue weighted by Crippen LogP contribution is -2.40. The fraction of sp³-hybridized carbons (Fsp3) is 0.263. The minimum Gasteiger partial charge on any atom is -0.497 e. The number of nitrogens with zero attached hydrogens (tertiary/aromatic N) is 2. The third-order valence-electron chi connectivity index (χ3n) is 4.49. The number of hydrogen-bond donors (Lipinski definition) is 2. The van der Waals surface area contributed by atoms with Gasteiger partial charge in [-0.05, 0) is 35.4 Å². The summed E-state index contributed by atoms with van der Waals surface area (Å²) in [6.45, 7) is 1.55. The van der Waals surface area contributed by atoms with Crippen molar-refractivity contribution in [2.45, 2.75) is 0 Å². The Bertz CT molecular complexity index is 934. The Morgan fingerprint density at radius 3 is 2.81 bits per heavy atom. The van der Waals surface area contributed by atoms with Gasteiger partial charge in [0.05, 0.1) is 12.6 Å². The van der Waals surface area contributed by atoms with E-state index in [4.69, 9.17) is 4.74 Å². The van der Waals surface area contributed by atoms with Gasteiger partial charge >= 0.3 is 6.03 Å². The van der Waals surface area contributed by atoms with Gasteiger partial charge in [0, 0.05) is 30.0 Å². The van der Waals surface area contributed by atoms with Gasteiger partial charge in [-0.15, -0.1) is 0 Å². The van der Waals surface area contributed by atoms with Crippen molar-refractivity contribution in [2.75, 3.05) is 37.0 Å². The molecule has 6 nitrogen and oxygen atoms in total. The number of carbonyl (C=O) groups is 1. The molecule has 7 heteroatoms. The van der Waals surface area contributed by atoms with Crippen molar-refractivity contribution >= 4 is 34.5 Å². The molecule has 0 unspecified atom stereocenters. The van der Waals surface area contributed by atoms with Crippen LogP contribution in [0.15, 0.2) is 42.5 Å². The molecule has 0 atom stereocenters. The number of methoxy groups -OCH3 is 1. The topological polar surface area (TPSA) is 70.2 Å². The largest absolute Gasteiger partial charge is 0.497 e. The normalized spacial score (nSPS) is 14.4. The fourth-order valence-electron chi connectivity index (χ4n) is 3.04. The van der Waals surface area contributed by atoms with Crippen molar-refractivity contribution in [1.29, 1.82) is 0 Å². The molecule has 0 bridgehead atoms. The third-order valence-corrected chi connectivity index (χ3v) is 5.43. The molecule has 26 heavy (non-hydrogen) atoms. The van der Waals surface area contributed by atoms with Crippen LogP contribution in [0.5, 0.6) is 5.75 Å². The summed E-state index contributed by atoms with van der Waals surface area (Å²) in [5.41, 5.74) is 3.01. The van der Waals surface area contributed by atoms with Gasteiger partial charge in [-0.25, -0.2) is 4.79 Å². The predicted octanol–water partition coefficient (Wildman–Crippen LogP) is 3.82. The number of anilines is 1. The quantitative estimate of drug-likeness (QED) is 0.737. The lowest BCUT2D eigenvalue weighted by molar-refractivity contribution is 0.217. The van der Waals surface area contributed by atoms with Crippen molar-refractivity contribution in [1.82, 2.24) is 15.1 Å². The van der Waals surface area contributed by atoms with Crippen LogP contribution in [0.3, 0.4) is 0 Å². The van der Waals surface area contributed by atoms with Crippen LogP contribution >= 0.6 is 11.8 Å². The molecule has 1 aliphatic rings. The Balaban J connectivity index is 1.58. The van der Waals surface area contributed by atoms with Gasteiger partial charge in [0.15, 0.2) is 5.82 Å². The standard InChI is InChI=1S/C19H20N4O2S/c1-25-15-4-2-3-13(11-15)14-5-6-16-17(12-14)21-22-18(16)20-19(24)23-7-9-26-10-8-23/h2-6,11-12H,7-10H2,1H3,(H2,20,21,22,24). The summed E-state index contributed by atoms with van der Waals surface area (Å²) in [5, 5.41) is 11.1. The van der Waals surface area contributed by atoms with Gasteiger partial charge in [-0.2, -0.15) is 16.9 Å². The maximum Gasteiger partial charge on any atom is 0.323 e. The summed E-state index contributed by atoms with van der Waals surface area (Å²) in [5.74, 6) is 3.36. The van der Waals surface area contributed by atoms with E-state index in [1.54, 1.807) is 7.11 Å². The number of benzene rings is 2. The second-order valence-corrected chi connectivity index (χ2v) is 7.32. The van der Waals surface area contributed by atoms with Gasteiger partial charge in [0.1, 0.15) is 5.75 Å². The number of urea groups is 1. The van der Waals surface area contributed by atoms with Gasteiger partial charge in [0.2, 0.25) is 0 Å². The zero-order valence-electron chi connectivity index (χ0n) is 14.5. The van der Waals surface area contributed by atoms with E-state index in [2.05, 4.69) is 15.5 Å². The molecule has 0 spiro atoms. The molecular weight excluding hydrogens is 348 g/mol. The van der Waals surface area contributed by atoms with Crippen LogP contribution in [0, 0.1) is 0 Å². The molecule has 1 saturated heterocycles. The number of fused-ring (bicyclic) bond motifs is 1. The Labute approximate surface area is 155 Å². The third kappa shape index (κ3) is 3.35. The summed E-state index contributed by atoms with van der Waals surface area (Å²) in [6, 6.07) is 13.9. The smallest absolute Gasteiger partial charge is 0.323 e. The molecule has 4 rings (SSSR count). The Hall–Kier alpha value is -2.67. The maximum atomic E-state index is 12.4. The number of ether oxygens (including phenoxy) is 1. The first kappa shape index (κ1) is 16.8. The molecule has 0 radical (unpaired) electrons. The molecule has 1 aliphatic heterocycles. The highest BCUT2D eigenvalue weighted by Gasteiger charge is 2.18. The average Bonchev–Trinajstić information content (AvgIpc) is 3.10. The number of thioether (sulfide) groups is 1. The summed E-state index contributed by atoms with van der Waals surface area (Å²) in [7, 11) is 1.66. The summed E-state index contributed by atoms with van der Waals surface area (Å²) in [6.07, 6.45) is 0. The number of aromatic nitrogens is 2. The number of carbonyl (C=O) groups excluding carboxylic acids is 1. The SMILES string of the molecule is COc1cccc(-c2ccc3c(NC(=O)N4CCSCC4)n[nH]c3c2)c1. The van der Waals surface area contributed by atoms with Crippen molar-refractivity contribution in [2.24, 2.45) is 0 Å². The molecule has 1 fully saturated rings. The van der Waals surface area contributed by atoms with E-state index in [1.165, 1.54) is 0 Å². The molecule has 134 valence electrons. The van der Waals surface area contributed by atoms with Crippen LogP contribution in [0.2, 0.25) is 0 Å². The fourth-order valence-corrected chi connectivity index (χ4v) is 3.95. The molecule has 0 aliphatic carbocycles. The first-order chi connectivity index (χ1) is 12.7. The van der Waals surface area contributed by atoms with Crippen LogP contribution in [0.1, 0.15) is 0 Å². The van der Waals surface area contributed by atoms with E-state index in [1.807, 2.05) is 59.1 Å². The van der Waals surface area contributed by atoms with Gasteiger partial charge in [0.25, 0.3) is 0 Å². The molecule has 0 saturated carbocycles. The molecule has 2 N–H and O–H groups in total. The monoisotopic (exact) mass is 368 g/mol. The molecule has 2 aromatic carbocycles. The second kappa shape index (κ2) is 7.29. The maximum absolute atomic E-state index is 12.4. The minimum atomic E-state index is -0.0874. The van der Waals surface area contributed by atoms with Crippen LogP contribution in [-0.2, 0) is 0 Å². The number of rotatable bonds is 3. The number of H-pyrrole nitrogens is 1. The minimum absolute atomic E-state index is 0.0874. The molecular formula is C19H20N4O2S. The number of aromatic amines is 1. The van der Waals surface area contributed by atoms with Crippen molar-refractivity contribution in [3.63, 3.8) is 0 Å². The highest BCUT2D eigenvalue weighted by molar-refractivity contribution is 7.99. The van der Waals surface area contributed by atoms with Crippen molar-refractivity contribution in [3.05, 3.63) is 42.5 Å². The zero-order valence-corrected chi connectivity index (χ0v) is 15.3. The van der Waals surface area contributed by atoms with E-state index in [0.717, 1.165) is 52.4 Å². The van der Waals surface area contributed by atoms with Gasteiger partial charge in [-0.1, -0.05) is 18.2 Å². The highest BCUT2D eigenvalue weighted by Crippen LogP contribution is 2.29.